The highest BCUT2D eigenvalue weighted by atomic mass is 16.3. The molecular formula is C15H22N2O2. The van der Waals surface area contributed by atoms with Crippen molar-refractivity contribution in [3.05, 3.63) is 35.9 Å². The molecule has 0 radical (unpaired) electrons. The summed E-state index contributed by atoms with van der Waals surface area (Å²) in [5.41, 5.74) is 1.30. The first-order chi connectivity index (χ1) is 9.22. The van der Waals surface area contributed by atoms with Gasteiger partial charge in [-0.3, -0.25) is 9.69 Å². The Morgan fingerprint density at radius 3 is 2.84 bits per heavy atom. The fraction of sp³-hybridized carbons (Fsp3) is 0.533. The number of nitrogens with one attached hydrogen (secondary N) is 1. The average molecular weight is 262 g/mol. The monoisotopic (exact) mass is 262 g/mol. The van der Waals surface area contributed by atoms with Crippen LogP contribution in [0.2, 0.25) is 0 Å². The molecule has 0 bridgehead atoms. The first-order valence-corrected chi connectivity index (χ1v) is 6.85. The summed E-state index contributed by atoms with van der Waals surface area (Å²) in [6.07, 6.45) is 2.26. The second-order valence-electron chi connectivity index (χ2n) is 5.20. The minimum Gasteiger partial charge on any atom is -0.387 e. The molecule has 1 heterocycles. The number of aliphatic hydroxyl groups excluding tert-OH is 1. The van der Waals surface area contributed by atoms with Crippen LogP contribution in [0, 0.1) is 5.92 Å². The van der Waals surface area contributed by atoms with E-state index in [9.17, 15) is 4.79 Å². The lowest BCUT2D eigenvalue weighted by Gasteiger charge is -2.39. The molecule has 4 nitrogen and oxygen atoms in total. The SMILES string of the molecule is CN1CCC[C@H](CNC(=O)CO)[C@H]1c1ccccc1. The fourth-order valence-corrected chi connectivity index (χ4v) is 2.95. The van der Waals surface area contributed by atoms with E-state index in [1.807, 2.05) is 6.07 Å². The van der Waals surface area contributed by atoms with E-state index in [1.165, 1.54) is 5.56 Å². The molecule has 0 aromatic heterocycles. The standard InChI is InChI=1S/C15H22N2O2/c1-17-9-5-8-13(10-16-14(19)11-18)15(17)12-6-3-2-4-7-12/h2-4,6-7,13,15,18H,5,8-11H2,1H3,(H,16,19)/t13-,15-/m1/s1. The van der Waals surface area contributed by atoms with Crippen molar-refractivity contribution in [2.75, 3.05) is 26.7 Å². The van der Waals surface area contributed by atoms with Gasteiger partial charge in [0.25, 0.3) is 0 Å². The van der Waals surface area contributed by atoms with E-state index in [0.717, 1.165) is 19.4 Å². The van der Waals surface area contributed by atoms with Crippen LogP contribution in [-0.2, 0) is 4.79 Å². The van der Waals surface area contributed by atoms with Gasteiger partial charge < -0.3 is 10.4 Å². The van der Waals surface area contributed by atoms with Crippen molar-refractivity contribution in [1.29, 1.82) is 0 Å². The molecule has 1 fully saturated rings. The molecule has 1 aromatic rings. The summed E-state index contributed by atoms with van der Waals surface area (Å²) in [7, 11) is 2.14. The van der Waals surface area contributed by atoms with Gasteiger partial charge in [0, 0.05) is 12.6 Å². The number of benzene rings is 1. The van der Waals surface area contributed by atoms with E-state index in [0.29, 0.717) is 18.5 Å². The zero-order valence-corrected chi connectivity index (χ0v) is 11.4. The third-order valence-electron chi connectivity index (χ3n) is 3.85. The van der Waals surface area contributed by atoms with E-state index < -0.39 is 6.61 Å². The minimum absolute atomic E-state index is 0.292. The molecule has 19 heavy (non-hydrogen) atoms. The molecule has 2 atom stereocenters. The second kappa shape index (κ2) is 6.68. The number of carbonyl (C=O) groups is 1. The van der Waals surface area contributed by atoms with Crippen LogP contribution < -0.4 is 5.32 Å². The van der Waals surface area contributed by atoms with E-state index in [4.69, 9.17) is 5.11 Å². The van der Waals surface area contributed by atoms with Gasteiger partial charge in [0.2, 0.25) is 5.91 Å². The highest BCUT2D eigenvalue weighted by Gasteiger charge is 2.30. The maximum absolute atomic E-state index is 11.2. The smallest absolute Gasteiger partial charge is 0.245 e. The summed E-state index contributed by atoms with van der Waals surface area (Å²) >= 11 is 0. The van der Waals surface area contributed by atoms with Crippen LogP contribution in [0.5, 0.6) is 0 Å². The average Bonchev–Trinajstić information content (AvgIpc) is 2.45. The number of likely N-dealkylation sites (tertiary alicyclic amines) is 1. The van der Waals surface area contributed by atoms with Gasteiger partial charge in [-0.15, -0.1) is 0 Å². The van der Waals surface area contributed by atoms with Gasteiger partial charge in [0.05, 0.1) is 0 Å². The van der Waals surface area contributed by atoms with Crippen LogP contribution in [0.25, 0.3) is 0 Å². The third-order valence-corrected chi connectivity index (χ3v) is 3.85. The Balaban J connectivity index is 2.08. The molecule has 1 saturated heterocycles. The summed E-state index contributed by atoms with van der Waals surface area (Å²) in [5.74, 6) is 0.108. The van der Waals surface area contributed by atoms with Crippen LogP contribution in [0.3, 0.4) is 0 Å². The molecule has 0 unspecified atom stereocenters. The Labute approximate surface area is 114 Å². The molecule has 104 valence electrons. The zero-order chi connectivity index (χ0) is 13.7. The lowest BCUT2D eigenvalue weighted by molar-refractivity contribution is -0.124. The molecule has 2 N–H and O–H groups in total. The third kappa shape index (κ3) is 3.55. The molecule has 0 saturated carbocycles. The van der Waals surface area contributed by atoms with Crippen LogP contribution in [0.1, 0.15) is 24.4 Å². The Hall–Kier alpha value is -1.39. The maximum atomic E-state index is 11.2. The molecule has 4 heteroatoms. The predicted molar refractivity (Wildman–Crippen MR) is 74.6 cm³/mol. The number of piperidine rings is 1. The van der Waals surface area contributed by atoms with Crippen molar-refractivity contribution in [2.45, 2.75) is 18.9 Å². The van der Waals surface area contributed by atoms with E-state index in [1.54, 1.807) is 0 Å². The van der Waals surface area contributed by atoms with Gasteiger partial charge in [0.15, 0.2) is 0 Å². The van der Waals surface area contributed by atoms with Gasteiger partial charge in [-0.25, -0.2) is 0 Å². The summed E-state index contributed by atoms with van der Waals surface area (Å²) in [6.45, 7) is 1.28. The molecule has 1 aromatic carbocycles. The fourth-order valence-electron chi connectivity index (χ4n) is 2.95. The molecular weight excluding hydrogens is 240 g/mol. The molecule has 0 spiro atoms. The first-order valence-electron chi connectivity index (χ1n) is 6.85. The topological polar surface area (TPSA) is 52.6 Å². The molecule has 0 aliphatic carbocycles. The summed E-state index contributed by atoms with van der Waals surface area (Å²) in [4.78, 5) is 13.6. The summed E-state index contributed by atoms with van der Waals surface area (Å²) < 4.78 is 0. The van der Waals surface area contributed by atoms with Crippen molar-refractivity contribution in [3.8, 4) is 0 Å². The first kappa shape index (κ1) is 14.0. The number of nitrogens with zero attached hydrogens (tertiary/aromatic N) is 1. The van der Waals surface area contributed by atoms with E-state index >= 15 is 0 Å². The minimum atomic E-state index is -0.432. The highest BCUT2D eigenvalue weighted by Crippen LogP contribution is 2.34. The van der Waals surface area contributed by atoms with Gasteiger partial charge in [-0.1, -0.05) is 30.3 Å². The Morgan fingerprint density at radius 1 is 1.42 bits per heavy atom. The number of aliphatic hydroxyl groups is 1. The van der Waals surface area contributed by atoms with E-state index in [-0.39, 0.29) is 5.91 Å². The number of rotatable bonds is 4. The quantitative estimate of drug-likeness (QED) is 0.856. The summed E-state index contributed by atoms with van der Waals surface area (Å²) in [6, 6.07) is 10.8. The molecule has 1 aliphatic rings. The van der Waals surface area contributed by atoms with Crippen molar-refractivity contribution in [3.63, 3.8) is 0 Å². The Morgan fingerprint density at radius 2 is 2.16 bits per heavy atom. The number of hydrogen-bond donors (Lipinski definition) is 2. The Kier molecular flexibility index (Phi) is 4.93. The van der Waals surface area contributed by atoms with Gasteiger partial charge in [-0.05, 0) is 37.9 Å². The lowest BCUT2D eigenvalue weighted by atomic mass is 9.85. The lowest BCUT2D eigenvalue weighted by Crippen LogP contribution is -2.42. The number of amides is 1. The van der Waals surface area contributed by atoms with Crippen LogP contribution in [0.15, 0.2) is 30.3 Å². The predicted octanol–water partition coefficient (Wildman–Crippen LogP) is 1.18. The Bertz CT molecular complexity index is 408. The van der Waals surface area contributed by atoms with Crippen LogP contribution in [0.4, 0.5) is 0 Å². The largest absolute Gasteiger partial charge is 0.387 e. The van der Waals surface area contributed by atoms with Crippen molar-refractivity contribution in [2.24, 2.45) is 5.92 Å². The van der Waals surface area contributed by atoms with Gasteiger partial charge in [-0.2, -0.15) is 0 Å². The van der Waals surface area contributed by atoms with E-state index in [2.05, 4.69) is 41.5 Å². The van der Waals surface area contributed by atoms with Gasteiger partial charge >= 0.3 is 0 Å². The molecule has 1 aliphatic heterocycles. The van der Waals surface area contributed by atoms with Crippen LogP contribution in [-0.4, -0.2) is 42.7 Å². The van der Waals surface area contributed by atoms with Crippen molar-refractivity contribution < 1.29 is 9.90 Å². The number of hydrogen-bond acceptors (Lipinski definition) is 3. The van der Waals surface area contributed by atoms with Crippen molar-refractivity contribution >= 4 is 5.91 Å². The summed E-state index contributed by atoms with van der Waals surface area (Å²) in [5, 5.41) is 11.6. The highest BCUT2D eigenvalue weighted by molar-refractivity contribution is 5.76. The normalized spacial score (nSPS) is 24.1. The van der Waals surface area contributed by atoms with Gasteiger partial charge in [0.1, 0.15) is 6.61 Å². The zero-order valence-electron chi connectivity index (χ0n) is 11.4. The maximum Gasteiger partial charge on any atom is 0.245 e. The van der Waals surface area contributed by atoms with Crippen LogP contribution >= 0.6 is 0 Å². The molecule has 2 rings (SSSR count). The van der Waals surface area contributed by atoms with Crippen molar-refractivity contribution in [1.82, 2.24) is 10.2 Å². The number of carbonyl (C=O) groups excluding carboxylic acids is 1. The molecule has 1 amide bonds. The second-order valence-corrected chi connectivity index (χ2v) is 5.20.